The van der Waals surface area contributed by atoms with Crippen LogP contribution in [0.15, 0.2) is 18.2 Å². The van der Waals surface area contributed by atoms with Gasteiger partial charge in [0.15, 0.2) is 0 Å². The van der Waals surface area contributed by atoms with Crippen molar-refractivity contribution in [2.75, 3.05) is 6.26 Å². The molecule has 3 heteroatoms. The lowest BCUT2D eigenvalue weighted by Gasteiger charge is -2.04. The quantitative estimate of drug-likeness (QED) is 0.780. The van der Waals surface area contributed by atoms with Crippen molar-refractivity contribution in [1.29, 1.82) is 0 Å². The van der Waals surface area contributed by atoms with Gasteiger partial charge in [0, 0.05) is 17.9 Å². The molecule has 0 spiro atoms. The highest BCUT2D eigenvalue weighted by Gasteiger charge is 2.04. The van der Waals surface area contributed by atoms with Crippen LogP contribution in [0.5, 0.6) is 0 Å². The number of rotatable bonds is 3. The van der Waals surface area contributed by atoms with Crippen LogP contribution in [0.4, 0.5) is 4.39 Å². The van der Waals surface area contributed by atoms with E-state index in [2.05, 4.69) is 0 Å². The Kier molecular flexibility index (Phi) is 3.56. The van der Waals surface area contributed by atoms with E-state index in [0.717, 1.165) is 5.56 Å². The summed E-state index contributed by atoms with van der Waals surface area (Å²) in [7, 11) is 0. The van der Waals surface area contributed by atoms with Crippen molar-refractivity contribution < 1.29 is 4.39 Å². The fraction of sp³-hybridized carbons (Fsp3) is 0.333. The van der Waals surface area contributed by atoms with Gasteiger partial charge in [0.1, 0.15) is 5.82 Å². The second kappa shape index (κ2) is 4.48. The van der Waals surface area contributed by atoms with Gasteiger partial charge in [0.2, 0.25) is 0 Å². The Balaban J connectivity index is 2.97. The molecule has 0 amide bonds. The van der Waals surface area contributed by atoms with Gasteiger partial charge in [-0.1, -0.05) is 18.2 Å². The van der Waals surface area contributed by atoms with E-state index in [1.807, 2.05) is 12.3 Å². The molecule has 0 unspecified atom stereocenters. The monoisotopic (exact) mass is 185 g/mol. The standard InChI is InChI=1S/C9H12FNS/c1-12-6-8-4-2-3-7(5-11)9(8)10/h2-4H,5-6,11H2,1H3. The van der Waals surface area contributed by atoms with E-state index < -0.39 is 0 Å². The van der Waals surface area contributed by atoms with Gasteiger partial charge in [0.25, 0.3) is 0 Å². The predicted octanol–water partition coefficient (Wildman–Crippen LogP) is 2.15. The van der Waals surface area contributed by atoms with E-state index in [9.17, 15) is 4.39 Å². The Hall–Kier alpha value is -0.540. The number of nitrogens with two attached hydrogens (primary N) is 1. The zero-order chi connectivity index (χ0) is 8.97. The molecule has 2 N–H and O–H groups in total. The van der Waals surface area contributed by atoms with Gasteiger partial charge in [-0.2, -0.15) is 11.8 Å². The van der Waals surface area contributed by atoms with Gasteiger partial charge in [-0.15, -0.1) is 0 Å². The first-order valence-electron chi connectivity index (χ1n) is 3.75. The van der Waals surface area contributed by atoms with Crippen LogP contribution in [0.2, 0.25) is 0 Å². The molecule has 0 saturated heterocycles. The summed E-state index contributed by atoms with van der Waals surface area (Å²) in [6.45, 7) is 0.272. The molecular weight excluding hydrogens is 173 g/mol. The van der Waals surface area contributed by atoms with Crippen molar-refractivity contribution in [3.63, 3.8) is 0 Å². The molecule has 0 fully saturated rings. The van der Waals surface area contributed by atoms with E-state index in [-0.39, 0.29) is 12.4 Å². The van der Waals surface area contributed by atoms with Gasteiger partial charge in [-0.3, -0.25) is 0 Å². The summed E-state index contributed by atoms with van der Waals surface area (Å²) in [6.07, 6.45) is 1.95. The lowest BCUT2D eigenvalue weighted by atomic mass is 10.1. The molecular formula is C9H12FNS. The first-order chi connectivity index (χ1) is 5.79. The highest BCUT2D eigenvalue weighted by Crippen LogP contribution is 2.16. The average Bonchev–Trinajstić information content (AvgIpc) is 2.09. The van der Waals surface area contributed by atoms with Crippen molar-refractivity contribution in [3.8, 4) is 0 Å². The molecule has 0 radical (unpaired) electrons. The molecule has 1 nitrogen and oxygen atoms in total. The van der Waals surface area contributed by atoms with Crippen LogP contribution < -0.4 is 5.73 Å². The van der Waals surface area contributed by atoms with Crippen molar-refractivity contribution in [2.24, 2.45) is 5.73 Å². The van der Waals surface area contributed by atoms with Crippen LogP contribution in [0.1, 0.15) is 11.1 Å². The van der Waals surface area contributed by atoms with Crippen LogP contribution in [0.25, 0.3) is 0 Å². The third-order valence-electron chi connectivity index (χ3n) is 1.68. The Morgan fingerprint density at radius 3 is 2.67 bits per heavy atom. The summed E-state index contributed by atoms with van der Waals surface area (Å²) in [5.74, 6) is 0.564. The molecule has 1 rings (SSSR count). The smallest absolute Gasteiger partial charge is 0.131 e. The Morgan fingerprint density at radius 1 is 1.42 bits per heavy atom. The molecule has 66 valence electrons. The minimum atomic E-state index is -0.144. The molecule has 0 aliphatic rings. The third kappa shape index (κ3) is 1.99. The zero-order valence-corrected chi connectivity index (χ0v) is 7.83. The van der Waals surface area contributed by atoms with Crippen LogP contribution in [-0.4, -0.2) is 6.26 Å². The molecule has 0 aromatic heterocycles. The SMILES string of the molecule is CSCc1cccc(CN)c1F. The van der Waals surface area contributed by atoms with Gasteiger partial charge in [-0.05, 0) is 11.8 Å². The number of benzene rings is 1. The van der Waals surface area contributed by atoms with E-state index in [4.69, 9.17) is 5.73 Å². The Bertz CT molecular complexity index is 263. The lowest BCUT2D eigenvalue weighted by molar-refractivity contribution is 0.600. The molecule has 0 heterocycles. The van der Waals surface area contributed by atoms with Gasteiger partial charge in [-0.25, -0.2) is 4.39 Å². The maximum atomic E-state index is 13.4. The van der Waals surface area contributed by atoms with E-state index in [1.54, 1.807) is 23.9 Å². The summed E-state index contributed by atoms with van der Waals surface area (Å²) in [4.78, 5) is 0. The van der Waals surface area contributed by atoms with Crippen LogP contribution >= 0.6 is 11.8 Å². The molecule has 0 saturated carbocycles. The second-order valence-corrected chi connectivity index (χ2v) is 3.39. The Morgan fingerprint density at radius 2 is 2.08 bits per heavy atom. The molecule has 0 aliphatic carbocycles. The molecule has 0 aliphatic heterocycles. The van der Waals surface area contributed by atoms with Gasteiger partial charge < -0.3 is 5.73 Å². The summed E-state index contributed by atoms with van der Waals surface area (Å²) in [5, 5.41) is 0. The highest BCUT2D eigenvalue weighted by molar-refractivity contribution is 7.97. The molecule has 0 atom stereocenters. The minimum Gasteiger partial charge on any atom is -0.326 e. The molecule has 1 aromatic rings. The number of hydrogen-bond donors (Lipinski definition) is 1. The van der Waals surface area contributed by atoms with Crippen molar-refractivity contribution in [2.45, 2.75) is 12.3 Å². The Labute approximate surface area is 76.2 Å². The number of thioether (sulfide) groups is 1. The fourth-order valence-corrected chi connectivity index (χ4v) is 1.59. The van der Waals surface area contributed by atoms with Crippen molar-refractivity contribution >= 4 is 11.8 Å². The van der Waals surface area contributed by atoms with Crippen molar-refractivity contribution in [1.82, 2.24) is 0 Å². The summed E-state index contributed by atoms with van der Waals surface area (Å²) in [6, 6.07) is 5.36. The summed E-state index contributed by atoms with van der Waals surface area (Å²) >= 11 is 1.61. The first-order valence-corrected chi connectivity index (χ1v) is 5.14. The maximum Gasteiger partial charge on any atom is 0.131 e. The number of hydrogen-bond acceptors (Lipinski definition) is 2. The molecule has 1 aromatic carbocycles. The normalized spacial score (nSPS) is 10.2. The predicted molar refractivity (Wildman–Crippen MR) is 51.5 cm³/mol. The highest BCUT2D eigenvalue weighted by atomic mass is 32.2. The third-order valence-corrected chi connectivity index (χ3v) is 2.28. The lowest BCUT2D eigenvalue weighted by Crippen LogP contribution is -2.01. The van der Waals surface area contributed by atoms with Gasteiger partial charge >= 0.3 is 0 Å². The van der Waals surface area contributed by atoms with Crippen LogP contribution in [0.3, 0.4) is 0 Å². The summed E-state index contributed by atoms with van der Waals surface area (Å²) in [5.41, 5.74) is 6.71. The zero-order valence-electron chi connectivity index (χ0n) is 7.01. The van der Waals surface area contributed by atoms with E-state index >= 15 is 0 Å². The first kappa shape index (κ1) is 9.55. The minimum absolute atomic E-state index is 0.144. The van der Waals surface area contributed by atoms with Crippen molar-refractivity contribution in [3.05, 3.63) is 35.1 Å². The number of halogens is 1. The largest absolute Gasteiger partial charge is 0.326 e. The van der Waals surface area contributed by atoms with Gasteiger partial charge in [0.05, 0.1) is 0 Å². The second-order valence-electron chi connectivity index (χ2n) is 2.53. The fourth-order valence-electron chi connectivity index (χ4n) is 1.06. The van der Waals surface area contributed by atoms with Crippen LogP contribution in [0, 0.1) is 5.82 Å². The maximum absolute atomic E-state index is 13.4. The molecule has 12 heavy (non-hydrogen) atoms. The van der Waals surface area contributed by atoms with E-state index in [0.29, 0.717) is 11.3 Å². The average molecular weight is 185 g/mol. The van der Waals surface area contributed by atoms with Crippen LogP contribution in [-0.2, 0) is 12.3 Å². The van der Waals surface area contributed by atoms with E-state index in [1.165, 1.54) is 0 Å². The molecule has 0 bridgehead atoms. The summed E-state index contributed by atoms with van der Waals surface area (Å²) < 4.78 is 13.4. The topological polar surface area (TPSA) is 26.0 Å².